The van der Waals surface area contributed by atoms with E-state index < -0.39 is 11.9 Å². The summed E-state index contributed by atoms with van der Waals surface area (Å²) in [6, 6.07) is -0.211. The van der Waals surface area contributed by atoms with Crippen LogP contribution in [0.1, 0.15) is 37.9 Å². The van der Waals surface area contributed by atoms with Crippen LogP contribution in [0, 0.1) is 5.92 Å². The van der Waals surface area contributed by atoms with Crippen LogP contribution >= 0.6 is 0 Å². The van der Waals surface area contributed by atoms with Gasteiger partial charge in [-0.3, -0.25) is 9.59 Å². The van der Waals surface area contributed by atoms with E-state index in [9.17, 15) is 9.59 Å². The summed E-state index contributed by atoms with van der Waals surface area (Å²) in [5, 5.41) is 15.5. The van der Waals surface area contributed by atoms with Crippen LogP contribution in [-0.4, -0.2) is 33.2 Å². The second kappa shape index (κ2) is 7.01. The lowest BCUT2D eigenvalue weighted by atomic mass is 10.1. The van der Waals surface area contributed by atoms with E-state index in [1.807, 2.05) is 6.92 Å². The quantitative estimate of drug-likeness (QED) is 0.729. The fourth-order valence-corrected chi connectivity index (χ4v) is 2.21. The van der Waals surface area contributed by atoms with Gasteiger partial charge in [0, 0.05) is 25.3 Å². The van der Waals surface area contributed by atoms with Crippen LogP contribution in [0.25, 0.3) is 0 Å². The third-order valence-corrected chi connectivity index (χ3v) is 3.30. The Bertz CT molecular complexity index is 538. The highest BCUT2D eigenvalue weighted by Crippen LogP contribution is 2.18. The Balaban J connectivity index is 1.72. The SMILES string of the molecule is CCCc1noc(CCC(=O)NC2C=CC(C(=O)O)C2)n1. The van der Waals surface area contributed by atoms with Gasteiger partial charge >= 0.3 is 5.97 Å². The van der Waals surface area contributed by atoms with Crippen molar-refractivity contribution < 1.29 is 19.2 Å². The molecule has 0 bridgehead atoms. The number of aryl methyl sites for hydroxylation is 2. The molecule has 1 aliphatic rings. The Hall–Kier alpha value is -2.18. The molecule has 2 unspecified atom stereocenters. The second-order valence-corrected chi connectivity index (χ2v) is 5.09. The first-order chi connectivity index (χ1) is 10.1. The number of aliphatic carboxylic acids is 1. The summed E-state index contributed by atoms with van der Waals surface area (Å²) in [4.78, 5) is 26.8. The van der Waals surface area contributed by atoms with Crippen molar-refractivity contribution in [1.29, 1.82) is 0 Å². The Kier molecular flexibility index (Phi) is 5.08. The molecule has 1 aromatic heterocycles. The number of aromatic nitrogens is 2. The van der Waals surface area contributed by atoms with Crippen molar-refractivity contribution in [3.63, 3.8) is 0 Å². The first-order valence-corrected chi connectivity index (χ1v) is 7.10. The fourth-order valence-electron chi connectivity index (χ4n) is 2.21. The van der Waals surface area contributed by atoms with Gasteiger partial charge in [-0.25, -0.2) is 0 Å². The maximum Gasteiger partial charge on any atom is 0.310 e. The van der Waals surface area contributed by atoms with E-state index in [4.69, 9.17) is 9.63 Å². The molecule has 0 fully saturated rings. The van der Waals surface area contributed by atoms with Crippen LogP contribution in [0.2, 0.25) is 0 Å². The minimum Gasteiger partial charge on any atom is -0.481 e. The van der Waals surface area contributed by atoms with Gasteiger partial charge in [-0.1, -0.05) is 24.2 Å². The van der Waals surface area contributed by atoms with E-state index in [0.29, 0.717) is 24.6 Å². The van der Waals surface area contributed by atoms with Crippen LogP contribution in [0.4, 0.5) is 0 Å². The highest BCUT2D eigenvalue weighted by Gasteiger charge is 2.25. The number of rotatable bonds is 7. The van der Waals surface area contributed by atoms with Crippen LogP contribution < -0.4 is 5.32 Å². The number of carboxylic acids is 1. The lowest BCUT2D eigenvalue weighted by Gasteiger charge is -2.11. The number of hydrogen-bond donors (Lipinski definition) is 2. The van der Waals surface area contributed by atoms with E-state index in [1.165, 1.54) is 0 Å². The van der Waals surface area contributed by atoms with E-state index in [-0.39, 0.29) is 18.4 Å². The Morgan fingerprint density at radius 1 is 1.43 bits per heavy atom. The summed E-state index contributed by atoms with van der Waals surface area (Å²) in [6.45, 7) is 2.03. The molecule has 2 rings (SSSR count). The zero-order chi connectivity index (χ0) is 15.2. The molecule has 0 aliphatic heterocycles. The first kappa shape index (κ1) is 15.2. The van der Waals surface area contributed by atoms with E-state index in [2.05, 4.69) is 15.5 Å². The van der Waals surface area contributed by atoms with Gasteiger partial charge in [0.2, 0.25) is 11.8 Å². The summed E-state index contributed by atoms with van der Waals surface area (Å²) in [5.41, 5.74) is 0. The van der Waals surface area contributed by atoms with Gasteiger partial charge in [0.1, 0.15) is 0 Å². The summed E-state index contributed by atoms with van der Waals surface area (Å²) in [7, 11) is 0. The van der Waals surface area contributed by atoms with Gasteiger partial charge in [-0.05, 0) is 12.8 Å². The number of carbonyl (C=O) groups excluding carboxylic acids is 1. The van der Waals surface area contributed by atoms with Gasteiger partial charge < -0.3 is 14.9 Å². The van der Waals surface area contributed by atoms with Gasteiger partial charge in [0.15, 0.2) is 5.82 Å². The second-order valence-electron chi connectivity index (χ2n) is 5.09. The fraction of sp³-hybridized carbons (Fsp3) is 0.571. The first-order valence-electron chi connectivity index (χ1n) is 7.10. The summed E-state index contributed by atoms with van der Waals surface area (Å²) >= 11 is 0. The van der Waals surface area contributed by atoms with Crippen LogP contribution in [0.3, 0.4) is 0 Å². The molecule has 1 aromatic rings. The Labute approximate surface area is 122 Å². The van der Waals surface area contributed by atoms with Gasteiger partial charge in [-0.15, -0.1) is 0 Å². The standard InChI is InChI=1S/C14H19N3O4/c1-2-3-11-16-13(21-17-11)7-6-12(18)15-10-5-4-9(8-10)14(19)20/h4-5,9-10H,2-3,6-8H2,1H3,(H,15,18)(H,19,20). The maximum atomic E-state index is 11.8. The maximum absolute atomic E-state index is 11.8. The molecule has 2 atom stereocenters. The molecule has 0 saturated heterocycles. The van der Waals surface area contributed by atoms with E-state index >= 15 is 0 Å². The minimum absolute atomic E-state index is 0.147. The van der Waals surface area contributed by atoms with Crippen LogP contribution in [0.5, 0.6) is 0 Å². The summed E-state index contributed by atoms with van der Waals surface area (Å²) in [5.74, 6) is -0.402. The third kappa shape index (κ3) is 4.40. The summed E-state index contributed by atoms with van der Waals surface area (Å²) < 4.78 is 5.05. The summed E-state index contributed by atoms with van der Waals surface area (Å²) in [6.07, 6.45) is 6.09. The number of nitrogens with zero attached hydrogens (tertiary/aromatic N) is 2. The largest absolute Gasteiger partial charge is 0.481 e. The van der Waals surface area contributed by atoms with Crippen LogP contribution in [0.15, 0.2) is 16.7 Å². The molecular weight excluding hydrogens is 274 g/mol. The number of amides is 1. The van der Waals surface area contributed by atoms with Crippen molar-refractivity contribution in [3.05, 3.63) is 23.9 Å². The highest BCUT2D eigenvalue weighted by atomic mass is 16.5. The highest BCUT2D eigenvalue weighted by molar-refractivity contribution is 5.77. The number of hydrogen-bond acceptors (Lipinski definition) is 5. The van der Waals surface area contributed by atoms with Gasteiger partial charge in [0.25, 0.3) is 0 Å². The van der Waals surface area contributed by atoms with Crippen molar-refractivity contribution in [2.24, 2.45) is 5.92 Å². The third-order valence-electron chi connectivity index (χ3n) is 3.30. The monoisotopic (exact) mass is 293 g/mol. The van der Waals surface area contributed by atoms with Crippen molar-refractivity contribution in [2.45, 2.75) is 45.1 Å². The number of carbonyl (C=O) groups is 2. The predicted molar refractivity (Wildman–Crippen MR) is 73.4 cm³/mol. The Morgan fingerprint density at radius 2 is 2.24 bits per heavy atom. The van der Waals surface area contributed by atoms with Crippen LogP contribution in [-0.2, 0) is 22.4 Å². The van der Waals surface area contributed by atoms with Crippen molar-refractivity contribution in [1.82, 2.24) is 15.5 Å². The lowest BCUT2D eigenvalue weighted by molar-refractivity contribution is -0.140. The van der Waals surface area contributed by atoms with Crippen molar-refractivity contribution >= 4 is 11.9 Å². The smallest absolute Gasteiger partial charge is 0.310 e. The molecule has 21 heavy (non-hydrogen) atoms. The van der Waals surface area contributed by atoms with Gasteiger partial charge in [-0.2, -0.15) is 4.98 Å². The molecule has 1 amide bonds. The minimum atomic E-state index is -0.864. The molecule has 2 N–H and O–H groups in total. The molecule has 0 spiro atoms. The van der Waals surface area contributed by atoms with Crippen molar-refractivity contribution in [2.75, 3.05) is 0 Å². The normalized spacial score (nSPS) is 20.6. The van der Waals surface area contributed by atoms with Crippen molar-refractivity contribution in [3.8, 4) is 0 Å². The average molecular weight is 293 g/mol. The molecule has 0 saturated carbocycles. The molecule has 114 valence electrons. The molecule has 1 heterocycles. The lowest BCUT2D eigenvalue weighted by Crippen LogP contribution is -2.33. The number of nitrogens with one attached hydrogen (secondary N) is 1. The topological polar surface area (TPSA) is 105 Å². The predicted octanol–water partition coefficient (Wildman–Crippen LogP) is 1.10. The van der Waals surface area contributed by atoms with Gasteiger partial charge in [0.05, 0.1) is 5.92 Å². The zero-order valence-electron chi connectivity index (χ0n) is 11.9. The molecule has 7 heteroatoms. The Morgan fingerprint density at radius 3 is 2.90 bits per heavy atom. The molecule has 1 aliphatic carbocycles. The van der Waals surface area contributed by atoms with E-state index in [0.717, 1.165) is 12.8 Å². The molecule has 0 radical (unpaired) electrons. The number of carboxylic acid groups (broad SMARTS) is 1. The molecule has 0 aromatic carbocycles. The van der Waals surface area contributed by atoms with E-state index in [1.54, 1.807) is 12.2 Å². The molecule has 7 nitrogen and oxygen atoms in total. The molecular formula is C14H19N3O4. The average Bonchev–Trinajstić information content (AvgIpc) is 3.06. The zero-order valence-corrected chi connectivity index (χ0v) is 11.9.